The molecule has 2 aromatic rings. The largest absolute Gasteiger partial charge is 0.493 e. The number of nitrogens with zero attached hydrogens (tertiary/aromatic N) is 2. The molecule has 6 heteroatoms. The summed E-state index contributed by atoms with van der Waals surface area (Å²) in [5.41, 5.74) is 0. The van der Waals surface area contributed by atoms with Crippen LogP contribution in [0, 0.1) is 6.92 Å². The normalized spacial score (nSPS) is 10.2. The maximum Gasteiger partial charge on any atom is 0.222 e. The van der Waals surface area contributed by atoms with E-state index in [-0.39, 0.29) is 0 Å². The zero-order valence-corrected chi connectivity index (χ0v) is 11.3. The zero-order chi connectivity index (χ0) is 13.1. The van der Waals surface area contributed by atoms with Gasteiger partial charge in [-0.25, -0.2) is 4.98 Å². The first-order chi connectivity index (χ1) is 8.61. The lowest BCUT2D eigenvalue weighted by Gasteiger charge is -2.11. The molecule has 0 unspecified atom stereocenters. The molecule has 94 valence electrons. The van der Waals surface area contributed by atoms with Gasteiger partial charge in [-0.15, -0.1) is 0 Å². The summed E-state index contributed by atoms with van der Waals surface area (Å²) >= 11 is 12.1. The van der Waals surface area contributed by atoms with Gasteiger partial charge in [-0.1, -0.05) is 23.2 Å². The smallest absolute Gasteiger partial charge is 0.222 e. The molecule has 0 aliphatic heterocycles. The molecule has 18 heavy (non-hydrogen) atoms. The molecular formula is C12H10Cl2N2O2. The predicted molar refractivity (Wildman–Crippen MR) is 69.9 cm³/mol. The van der Waals surface area contributed by atoms with Gasteiger partial charge in [0.25, 0.3) is 0 Å². The Balaban J connectivity index is 2.35. The van der Waals surface area contributed by atoms with Gasteiger partial charge in [-0.3, -0.25) is 0 Å². The Morgan fingerprint density at radius 2 is 1.94 bits per heavy atom. The van der Waals surface area contributed by atoms with Crippen LogP contribution in [0.1, 0.15) is 5.82 Å². The van der Waals surface area contributed by atoms with Gasteiger partial charge in [0.05, 0.1) is 12.1 Å². The van der Waals surface area contributed by atoms with Gasteiger partial charge in [-0.2, -0.15) is 4.98 Å². The monoisotopic (exact) mass is 284 g/mol. The Labute approximate surface area is 114 Å². The Kier molecular flexibility index (Phi) is 3.89. The van der Waals surface area contributed by atoms with Crippen LogP contribution in [0.25, 0.3) is 0 Å². The first kappa shape index (κ1) is 12.9. The summed E-state index contributed by atoms with van der Waals surface area (Å²) in [6.45, 7) is 1.77. The summed E-state index contributed by atoms with van der Waals surface area (Å²) in [5, 5.41) is 0.731. The molecule has 0 amide bonds. The number of methoxy groups -OCH3 is 1. The standard InChI is InChI=1S/C12H10Cl2N2O2/c1-7-15-6-5-10(16-7)18-9-4-3-8(13)12(17-2)11(9)14/h3-6H,1-2H3. The van der Waals surface area contributed by atoms with Crippen LogP contribution in [0.4, 0.5) is 0 Å². The molecule has 4 nitrogen and oxygen atoms in total. The molecule has 1 aromatic carbocycles. The Hall–Kier alpha value is -1.52. The van der Waals surface area contributed by atoms with Crippen LogP contribution in [0.3, 0.4) is 0 Å². The van der Waals surface area contributed by atoms with Gasteiger partial charge in [0, 0.05) is 12.3 Å². The first-order valence-corrected chi connectivity index (χ1v) is 5.87. The molecule has 0 saturated heterocycles. The summed E-state index contributed by atoms with van der Waals surface area (Å²) in [6, 6.07) is 4.95. The van der Waals surface area contributed by atoms with E-state index in [1.807, 2.05) is 0 Å². The molecule has 0 bridgehead atoms. The second-order valence-corrected chi connectivity index (χ2v) is 4.22. The minimum Gasteiger partial charge on any atom is -0.493 e. The maximum absolute atomic E-state index is 6.13. The van der Waals surface area contributed by atoms with E-state index in [1.165, 1.54) is 7.11 Å². The van der Waals surface area contributed by atoms with Gasteiger partial charge >= 0.3 is 0 Å². The maximum atomic E-state index is 6.13. The molecule has 0 radical (unpaired) electrons. The van der Waals surface area contributed by atoms with E-state index in [0.717, 1.165) is 0 Å². The summed E-state index contributed by atoms with van der Waals surface area (Å²) in [4.78, 5) is 8.10. The van der Waals surface area contributed by atoms with Crippen LogP contribution >= 0.6 is 23.2 Å². The summed E-state index contributed by atoms with van der Waals surface area (Å²) in [6.07, 6.45) is 1.61. The van der Waals surface area contributed by atoms with Crippen LogP contribution in [-0.2, 0) is 0 Å². The number of hydrogen-bond acceptors (Lipinski definition) is 4. The summed E-state index contributed by atoms with van der Waals surface area (Å²) in [7, 11) is 1.49. The fraction of sp³-hybridized carbons (Fsp3) is 0.167. The highest BCUT2D eigenvalue weighted by Crippen LogP contribution is 2.40. The third-order valence-electron chi connectivity index (χ3n) is 2.18. The van der Waals surface area contributed by atoms with Crippen molar-refractivity contribution in [3.8, 4) is 17.4 Å². The van der Waals surface area contributed by atoms with Crippen LogP contribution in [-0.4, -0.2) is 17.1 Å². The van der Waals surface area contributed by atoms with Crippen molar-refractivity contribution in [1.29, 1.82) is 0 Å². The van der Waals surface area contributed by atoms with Crippen molar-refractivity contribution in [2.24, 2.45) is 0 Å². The second-order valence-electron chi connectivity index (χ2n) is 3.44. The van der Waals surface area contributed by atoms with Crippen LogP contribution in [0.5, 0.6) is 17.4 Å². The van der Waals surface area contributed by atoms with Gasteiger partial charge in [-0.05, 0) is 19.1 Å². The molecule has 0 saturated carbocycles. The van der Waals surface area contributed by atoms with E-state index >= 15 is 0 Å². The van der Waals surface area contributed by atoms with E-state index < -0.39 is 0 Å². The second kappa shape index (κ2) is 5.42. The number of ether oxygens (including phenoxy) is 2. The molecule has 0 spiro atoms. The number of benzene rings is 1. The lowest BCUT2D eigenvalue weighted by molar-refractivity contribution is 0.407. The minimum absolute atomic E-state index is 0.307. The third-order valence-corrected chi connectivity index (χ3v) is 2.84. The van der Waals surface area contributed by atoms with Crippen molar-refractivity contribution in [2.75, 3.05) is 7.11 Å². The average molecular weight is 285 g/mol. The number of hydrogen-bond donors (Lipinski definition) is 0. The average Bonchev–Trinajstić information content (AvgIpc) is 2.34. The van der Waals surface area contributed by atoms with Gasteiger partial charge in [0.15, 0.2) is 11.5 Å². The van der Waals surface area contributed by atoms with E-state index in [2.05, 4.69) is 9.97 Å². The Bertz CT molecular complexity index is 576. The van der Waals surface area contributed by atoms with Crippen molar-refractivity contribution in [3.05, 3.63) is 40.3 Å². The Morgan fingerprint density at radius 3 is 2.61 bits per heavy atom. The predicted octanol–water partition coefficient (Wildman–Crippen LogP) is 3.89. The van der Waals surface area contributed by atoms with E-state index in [0.29, 0.717) is 33.2 Å². The lowest BCUT2D eigenvalue weighted by atomic mass is 10.3. The molecule has 0 aliphatic carbocycles. The van der Waals surface area contributed by atoms with Gasteiger partial charge in [0.2, 0.25) is 5.88 Å². The molecular weight excluding hydrogens is 275 g/mol. The van der Waals surface area contributed by atoms with Crippen molar-refractivity contribution in [1.82, 2.24) is 9.97 Å². The minimum atomic E-state index is 0.307. The zero-order valence-electron chi connectivity index (χ0n) is 9.78. The quantitative estimate of drug-likeness (QED) is 0.858. The van der Waals surface area contributed by atoms with Crippen molar-refractivity contribution < 1.29 is 9.47 Å². The SMILES string of the molecule is COc1c(Cl)ccc(Oc2ccnc(C)n2)c1Cl. The fourth-order valence-electron chi connectivity index (χ4n) is 1.38. The van der Waals surface area contributed by atoms with Gasteiger partial charge < -0.3 is 9.47 Å². The highest BCUT2D eigenvalue weighted by atomic mass is 35.5. The Morgan fingerprint density at radius 1 is 1.17 bits per heavy atom. The van der Waals surface area contributed by atoms with E-state index in [9.17, 15) is 0 Å². The van der Waals surface area contributed by atoms with Crippen molar-refractivity contribution in [3.63, 3.8) is 0 Å². The molecule has 0 aliphatic rings. The number of halogens is 2. The molecule has 0 atom stereocenters. The molecule has 0 fully saturated rings. The first-order valence-electron chi connectivity index (χ1n) is 5.11. The lowest BCUT2D eigenvalue weighted by Crippen LogP contribution is -1.94. The van der Waals surface area contributed by atoms with Crippen LogP contribution < -0.4 is 9.47 Å². The van der Waals surface area contributed by atoms with Crippen LogP contribution in [0.2, 0.25) is 10.0 Å². The van der Waals surface area contributed by atoms with E-state index in [4.69, 9.17) is 32.7 Å². The van der Waals surface area contributed by atoms with Crippen molar-refractivity contribution >= 4 is 23.2 Å². The number of aromatic nitrogens is 2. The van der Waals surface area contributed by atoms with Gasteiger partial charge in [0.1, 0.15) is 10.8 Å². The number of aryl methyl sites for hydroxylation is 1. The summed E-state index contributed by atoms with van der Waals surface area (Å²) < 4.78 is 10.7. The van der Waals surface area contributed by atoms with Crippen LogP contribution in [0.15, 0.2) is 24.4 Å². The topological polar surface area (TPSA) is 44.2 Å². The summed E-state index contributed by atoms with van der Waals surface area (Å²) in [5.74, 6) is 1.83. The molecule has 1 aromatic heterocycles. The highest BCUT2D eigenvalue weighted by Gasteiger charge is 2.13. The molecule has 0 N–H and O–H groups in total. The fourth-order valence-corrected chi connectivity index (χ4v) is 1.95. The van der Waals surface area contributed by atoms with E-state index in [1.54, 1.807) is 31.3 Å². The molecule has 1 heterocycles. The molecule has 2 rings (SSSR count). The van der Waals surface area contributed by atoms with Crippen molar-refractivity contribution in [2.45, 2.75) is 6.92 Å². The number of rotatable bonds is 3. The highest BCUT2D eigenvalue weighted by molar-refractivity contribution is 6.38. The third kappa shape index (κ3) is 2.66.